The number of likely N-dealkylation sites (tertiary alicyclic amines) is 1. The van der Waals surface area contributed by atoms with Gasteiger partial charge in [0.1, 0.15) is 0 Å². The third-order valence-electron chi connectivity index (χ3n) is 5.68. The number of hydrogen-bond donors (Lipinski definition) is 1. The van der Waals surface area contributed by atoms with Crippen molar-refractivity contribution in [2.75, 3.05) is 53.6 Å². The van der Waals surface area contributed by atoms with E-state index in [9.17, 15) is 0 Å². The second-order valence-corrected chi connectivity index (χ2v) is 7.39. The van der Waals surface area contributed by atoms with Crippen molar-refractivity contribution in [3.8, 4) is 0 Å². The molecule has 0 aromatic carbocycles. The number of methoxy groups -OCH3 is 1. The van der Waals surface area contributed by atoms with Crippen molar-refractivity contribution in [2.45, 2.75) is 45.4 Å². The standard InChI is InChI=1S/C19H37N3O2/c1-4-16-5-7-17(8-6-16)13-21-19(20-2)22-10-9-18(14-22)15-24-12-11-23-3/h16-18H,4-15H2,1-3H3,(H,20,21). The molecule has 0 bridgehead atoms. The second-order valence-electron chi connectivity index (χ2n) is 7.39. The van der Waals surface area contributed by atoms with Crippen LogP contribution in [0.4, 0.5) is 0 Å². The first-order valence-corrected chi connectivity index (χ1v) is 9.79. The maximum Gasteiger partial charge on any atom is 0.193 e. The van der Waals surface area contributed by atoms with Crippen LogP contribution >= 0.6 is 0 Å². The lowest BCUT2D eigenvalue weighted by atomic mass is 9.81. The molecular weight excluding hydrogens is 302 g/mol. The van der Waals surface area contributed by atoms with Crippen molar-refractivity contribution < 1.29 is 9.47 Å². The van der Waals surface area contributed by atoms with Crippen LogP contribution in [0.2, 0.25) is 0 Å². The predicted octanol–water partition coefficient (Wildman–Crippen LogP) is 2.76. The molecule has 0 amide bonds. The Kier molecular flexibility index (Phi) is 8.89. The number of nitrogens with zero attached hydrogens (tertiary/aromatic N) is 2. The fourth-order valence-electron chi connectivity index (χ4n) is 3.97. The lowest BCUT2D eigenvalue weighted by molar-refractivity contribution is 0.0536. The van der Waals surface area contributed by atoms with Gasteiger partial charge in [-0.3, -0.25) is 4.99 Å². The van der Waals surface area contributed by atoms with E-state index >= 15 is 0 Å². The summed E-state index contributed by atoms with van der Waals surface area (Å²) in [7, 11) is 3.61. The van der Waals surface area contributed by atoms with Gasteiger partial charge in [-0.05, 0) is 31.1 Å². The maximum absolute atomic E-state index is 5.68. The summed E-state index contributed by atoms with van der Waals surface area (Å²) in [4.78, 5) is 6.89. The third-order valence-corrected chi connectivity index (χ3v) is 5.68. The number of ether oxygens (including phenoxy) is 2. The molecule has 0 spiro atoms. The van der Waals surface area contributed by atoms with Gasteiger partial charge in [-0.25, -0.2) is 0 Å². The summed E-state index contributed by atoms with van der Waals surface area (Å²) in [5, 5.41) is 3.63. The average molecular weight is 340 g/mol. The SMILES string of the molecule is CCC1CCC(CNC(=NC)N2CCC(COCCOC)C2)CC1. The molecule has 1 aliphatic heterocycles. The van der Waals surface area contributed by atoms with Crippen molar-refractivity contribution in [2.24, 2.45) is 22.7 Å². The van der Waals surface area contributed by atoms with Gasteiger partial charge in [0.15, 0.2) is 5.96 Å². The van der Waals surface area contributed by atoms with Gasteiger partial charge in [-0.2, -0.15) is 0 Å². The van der Waals surface area contributed by atoms with E-state index < -0.39 is 0 Å². The lowest BCUT2D eigenvalue weighted by Gasteiger charge is -2.29. The molecule has 2 fully saturated rings. The quantitative estimate of drug-likeness (QED) is 0.420. The van der Waals surface area contributed by atoms with E-state index in [0.717, 1.165) is 44.0 Å². The number of rotatable bonds is 8. The van der Waals surface area contributed by atoms with Crippen molar-refractivity contribution >= 4 is 5.96 Å². The smallest absolute Gasteiger partial charge is 0.193 e. The Hall–Kier alpha value is -0.810. The van der Waals surface area contributed by atoms with E-state index in [1.165, 1.54) is 38.5 Å². The Labute approximate surface area is 148 Å². The molecule has 1 heterocycles. The van der Waals surface area contributed by atoms with Crippen LogP contribution in [0.5, 0.6) is 0 Å². The summed E-state index contributed by atoms with van der Waals surface area (Å²) in [6.45, 7) is 7.75. The third kappa shape index (κ3) is 6.25. The van der Waals surface area contributed by atoms with E-state index in [1.807, 2.05) is 7.05 Å². The summed E-state index contributed by atoms with van der Waals surface area (Å²) in [5.41, 5.74) is 0. The first-order chi connectivity index (χ1) is 11.8. The molecule has 5 heteroatoms. The molecule has 1 unspecified atom stereocenters. The van der Waals surface area contributed by atoms with Crippen molar-refractivity contribution in [1.82, 2.24) is 10.2 Å². The van der Waals surface area contributed by atoms with Gasteiger partial charge in [-0.1, -0.05) is 26.2 Å². The first kappa shape index (κ1) is 19.5. The minimum Gasteiger partial charge on any atom is -0.382 e. The van der Waals surface area contributed by atoms with E-state index in [-0.39, 0.29) is 0 Å². The van der Waals surface area contributed by atoms with Crippen LogP contribution in [0.3, 0.4) is 0 Å². The van der Waals surface area contributed by atoms with Gasteiger partial charge in [0.05, 0.1) is 19.8 Å². The van der Waals surface area contributed by atoms with Crippen LogP contribution < -0.4 is 5.32 Å². The van der Waals surface area contributed by atoms with E-state index in [4.69, 9.17) is 9.47 Å². The summed E-state index contributed by atoms with van der Waals surface area (Å²) in [6, 6.07) is 0. The number of hydrogen-bond acceptors (Lipinski definition) is 3. The Bertz CT molecular complexity index is 368. The van der Waals surface area contributed by atoms with Crippen LogP contribution in [0.25, 0.3) is 0 Å². The van der Waals surface area contributed by atoms with Gasteiger partial charge < -0.3 is 19.7 Å². The minimum absolute atomic E-state index is 0.611. The number of nitrogens with one attached hydrogen (secondary N) is 1. The molecular formula is C19H37N3O2. The normalized spacial score (nSPS) is 28.4. The Morgan fingerprint density at radius 1 is 1.08 bits per heavy atom. The van der Waals surface area contributed by atoms with Crippen molar-refractivity contribution in [1.29, 1.82) is 0 Å². The molecule has 0 aromatic rings. The summed E-state index contributed by atoms with van der Waals surface area (Å²) < 4.78 is 10.7. The van der Waals surface area contributed by atoms with Gasteiger partial charge in [0.25, 0.3) is 0 Å². The zero-order chi connectivity index (χ0) is 17.2. The zero-order valence-electron chi connectivity index (χ0n) is 15.9. The molecule has 0 radical (unpaired) electrons. The highest BCUT2D eigenvalue weighted by molar-refractivity contribution is 5.80. The zero-order valence-corrected chi connectivity index (χ0v) is 15.9. The predicted molar refractivity (Wildman–Crippen MR) is 99.5 cm³/mol. The molecule has 2 rings (SSSR count). The average Bonchev–Trinajstić information content (AvgIpc) is 3.08. The number of aliphatic imine (C=N–C) groups is 1. The Morgan fingerprint density at radius 2 is 1.83 bits per heavy atom. The van der Waals surface area contributed by atoms with Gasteiger partial charge in [0.2, 0.25) is 0 Å². The molecule has 5 nitrogen and oxygen atoms in total. The molecule has 1 atom stereocenters. The minimum atomic E-state index is 0.611. The van der Waals surface area contributed by atoms with Gasteiger partial charge in [-0.15, -0.1) is 0 Å². The summed E-state index contributed by atoms with van der Waals surface area (Å²) >= 11 is 0. The Balaban J connectivity index is 1.65. The summed E-state index contributed by atoms with van der Waals surface area (Å²) in [6.07, 6.45) is 8.10. The van der Waals surface area contributed by atoms with Crippen LogP contribution in [-0.4, -0.2) is 64.5 Å². The fourth-order valence-corrected chi connectivity index (χ4v) is 3.97. The van der Waals surface area contributed by atoms with Crippen molar-refractivity contribution in [3.63, 3.8) is 0 Å². The molecule has 2 aliphatic rings. The fraction of sp³-hybridized carbons (Fsp3) is 0.947. The van der Waals surface area contributed by atoms with E-state index in [0.29, 0.717) is 19.1 Å². The summed E-state index contributed by atoms with van der Waals surface area (Å²) in [5.74, 6) is 3.48. The highest BCUT2D eigenvalue weighted by Crippen LogP contribution is 2.30. The van der Waals surface area contributed by atoms with Crippen LogP contribution in [0.1, 0.15) is 45.4 Å². The first-order valence-electron chi connectivity index (χ1n) is 9.79. The largest absolute Gasteiger partial charge is 0.382 e. The highest BCUT2D eigenvalue weighted by Gasteiger charge is 2.26. The number of guanidine groups is 1. The van der Waals surface area contributed by atoms with Crippen LogP contribution in [0.15, 0.2) is 4.99 Å². The molecule has 140 valence electrons. The van der Waals surface area contributed by atoms with Crippen LogP contribution in [-0.2, 0) is 9.47 Å². The Morgan fingerprint density at radius 3 is 2.50 bits per heavy atom. The van der Waals surface area contributed by atoms with Gasteiger partial charge >= 0.3 is 0 Å². The van der Waals surface area contributed by atoms with E-state index in [2.05, 4.69) is 22.1 Å². The molecule has 1 saturated heterocycles. The van der Waals surface area contributed by atoms with Crippen LogP contribution in [0, 0.1) is 17.8 Å². The molecule has 1 N–H and O–H groups in total. The molecule has 24 heavy (non-hydrogen) atoms. The van der Waals surface area contributed by atoms with Crippen molar-refractivity contribution in [3.05, 3.63) is 0 Å². The molecule has 0 aromatic heterocycles. The molecule has 1 saturated carbocycles. The second kappa shape index (κ2) is 10.9. The topological polar surface area (TPSA) is 46.1 Å². The highest BCUT2D eigenvalue weighted by atomic mass is 16.5. The lowest BCUT2D eigenvalue weighted by Crippen LogP contribution is -2.42. The maximum atomic E-state index is 5.68. The van der Waals surface area contributed by atoms with E-state index in [1.54, 1.807) is 7.11 Å². The molecule has 1 aliphatic carbocycles. The van der Waals surface area contributed by atoms with Gasteiger partial charge in [0, 0.05) is 39.7 Å². The monoisotopic (exact) mass is 339 g/mol.